The number of nitrogens with one attached hydrogen (secondary N) is 1. The maximum Gasteiger partial charge on any atom is 0.126 e. The fourth-order valence-electron chi connectivity index (χ4n) is 5.34. The summed E-state index contributed by atoms with van der Waals surface area (Å²) in [6.07, 6.45) is 4.37. The second-order valence-corrected chi connectivity index (χ2v) is 7.11. The van der Waals surface area contributed by atoms with E-state index in [0.717, 1.165) is 47.3 Å². The van der Waals surface area contributed by atoms with Crippen molar-refractivity contribution in [3.8, 4) is 0 Å². The molecule has 2 bridgehead atoms. The summed E-state index contributed by atoms with van der Waals surface area (Å²) in [7, 11) is 0. The van der Waals surface area contributed by atoms with Crippen LogP contribution in [0.3, 0.4) is 0 Å². The van der Waals surface area contributed by atoms with E-state index in [-0.39, 0.29) is 5.82 Å². The lowest BCUT2D eigenvalue weighted by atomic mass is 9.92. The number of hydrogen-bond donors (Lipinski definition) is 1. The zero-order valence-corrected chi connectivity index (χ0v) is 12.4. The number of benzene rings is 1. The standard InChI is InChI=1S/C18H24FN/c1-3-20-18(13-5-4-10(2)14(19)9-13)17-15-11-6-7-12(8-11)16(15)17/h4-5,9,11-12,15-18,20H,3,6-8H2,1-2H3. The molecule has 0 spiro atoms. The van der Waals surface area contributed by atoms with Crippen molar-refractivity contribution < 1.29 is 4.39 Å². The van der Waals surface area contributed by atoms with Crippen LogP contribution in [0.5, 0.6) is 0 Å². The predicted octanol–water partition coefficient (Wildman–Crippen LogP) is 4.08. The second-order valence-electron chi connectivity index (χ2n) is 7.11. The molecule has 2 heteroatoms. The highest BCUT2D eigenvalue weighted by molar-refractivity contribution is 5.29. The number of aryl methyl sites for hydroxylation is 1. The fraction of sp³-hybridized carbons (Fsp3) is 0.667. The van der Waals surface area contributed by atoms with E-state index < -0.39 is 0 Å². The first kappa shape index (κ1) is 12.8. The third-order valence-electron chi connectivity index (χ3n) is 6.16. The highest BCUT2D eigenvalue weighted by Crippen LogP contribution is 2.72. The van der Waals surface area contributed by atoms with E-state index in [9.17, 15) is 4.39 Å². The van der Waals surface area contributed by atoms with Gasteiger partial charge in [0.2, 0.25) is 0 Å². The summed E-state index contributed by atoms with van der Waals surface area (Å²) >= 11 is 0. The van der Waals surface area contributed by atoms with Crippen LogP contribution in [-0.2, 0) is 0 Å². The second kappa shape index (κ2) is 4.56. The minimum absolute atomic E-state index is 0.0563. The fourth-order valence-corrected chi connectivity index (χ4v) is 5.34. The summed E-state index contributed by atoms with van der Waals surface area (Å²) in [5, 5.41) is 3.64. The zero-order valence-electron chi connectivity index (χ0n) is 12.4. The molecule has 20 heavy (non-hydrogen) atoms. The molecule has 3 aliphatic carbocycles. The van der Waals surface area contributed by atoms with Crippen molar-refractivity contribution >= 4 is 0 Å². The van der Waals surface area contributed by atoms with Crippen LogP contribution in [0, 0.1) is 42.3 Å². The summed E-state index contributed by atoms with van der Waals surface area (Å²) in [6.45, 7) is 4.96. The minimum Gasteiger partial charge on any atom is -0.310 e. The van der Waals surface area contributed by atoms with Gasteiger partial charge in [0.15, 0.2) is 0 Å². The first-order valence-electron chi connectivity index (χ1n) is 8.20. The molecular weight excluding hydrogens is 249 g/mol. The Morgan fingerprint density at radius 2 is 1.95 bits per heavy atom. The molecule has 5 atom stereocenters. The van der Waals surface area contributed by atoms with Gasteiger partial charge in [0.1, 0.15) is 5.82 Å². The lowest BCUT2D eigenvalue weighted by molar-refractivity contribution is 0.374. The van der Waals surface area contributed by atoms with Gasteiger partial charge in [-0.3, -0.25) is 0 Å². The van der Waals surface area contributed by atoms with Crippen LogP contribution in [0.25, 0.3) is 0 Å². The van der Waals surface area contributed by atoms with Gasteiger partial charge in [-0.05, 0) is 79.5 Å². The van der Waals surface area contributed by atoms with Crippen LogP contribution in [0.4, 0.5) is 4.39 Å². The van der Waals surface area contributed by atoms with E-state index in [4.69, 9.17) is 0 Å². The van der Waals surface area contributed by atoms with Crippen molar-refractivity contribution in [2.45, 2.75) is 39.2 Å². The monoisotopic (exact) mass is 273 g/mol. The van der Waals surface area contributed by atoms with Crippen molar-refractivity contribution in [3.63, 3.8) is 0 Å². The molecule has 0 amide bonds. The Kier molecular flexibility index (Phi) is 2.92. The lowest BCUT2D eigenvalue weighted by Gasteiger charge is -2.22. The number of halogens is 1. The van der Waals surface area contributed by atoms with Crippen LogP contribution in [0.15, 0.2) is 18.2 Å². The van der Waals surface area contributed by atoms with Crippen LogP contribution in [0.2, 0.25) is 0 Å². The molecule has 1 N–H and O–H groups in total. The van der Waals surface area contributed by atoms with Crippen LogP contribution < -0.4 is 5.32 Å². The van der Waals surface area contributed by atoms with Gasteiger partial charge in [-0.2, -0.15) is 0 Å². The first-order valence-corrected chi connectivity index (χ1v) is 8.20. The van der Waals surface area contributed by atoms with E-state index in [0.29, 0.717) is 6.04 Å². The van der Waals surface area contributed by atoms with E-state index in [2.05, 4.69) is 18.3 Å². The van der Waals surface area contributed by atoms with E-state index in [1.54, 1.807) is 6.07 Å². The Balaban J connectivity index is 1.61. The molecule has 0 aliphatic heterocycles. The third kappa shape index (κ3) is 1.77. The Hall–Kier alpha value is -0.890. The third-order valence-corrected chi connectivity index (χ3v) is 6.16. The van der Waals surface area contributed by atoms with Gasteiger partial charge in [0, 0.05) is 6.04 Å². The Bertz CT molecular complexity index is 510. The molecule has 1 aromatic carbocycles. The highest BCUT2D eigenvalue weighted by Gasteiger charge is 2.66. The van der Waals surface area contributed by atoms with Crippen molar-refractivity contribution in [3.05, 3.63) is 35.1 Å². The topological polar surface area (TPSA) is 12.0 Å². The normalized spacial score (nSPS) is 38.9. The smallest absolute Gasteiger partial charge is 0.126 e. The van der Waals surface area contributed by atoms with E-state index in [1.165, 1.54) is 19.3 Å². The number of rotatable bonds is 4. The van der Waals surface area contributed by atoms with Gasteiger partial charge in [-0.25, -0.2) is 4.39 Å². The highest BCUT2D eigenvalue weighted by atomic mass is 19.1. The molecule has 4 rings (SSSR count). The van der Waals surface area contributed by atoms with Gasteiger partial charge in [0.05, 0.1) is 0 Å². The average molecular weight is 273 g/mol. The molecule has 3 saturated carbocycles. The molecular formula is C18H24FN. The van der Waals surface area contributed by atoms with Crippen LogP contribution in [0.1, 0.15) is 43.4 Å². The van der Waals surface area contributed by atoms with Gasteiger partial charge in [-0.15, -0.1) is 0 Å². The Morgan fingerprint density at radius 1 is 1.25 bits per heavy atom. The molecule has 1 aromatic rings. The summed E-state index contributed by atoms with van der Waals surface area (Å²) in [5.41, 5.74) is 1.91. The summed E-state index contributed by atoms with van der Waals surface area (Å²) < 4.78 is 13.9. The lowest BCUT2D eigenvalue weighted by Crippen LogP contribution is -2.25. The summed E-state index contributed by atoms with van der Waals surface area (Å²) in [5.74, 6) is 4.53. The zero-order chi connectivity index (χ0) is 13.9. The molecule has 1 nitrogen and oxygen atoms in total. The predicted molar refractivity (Wildman–Crippen MR) is 78.9 cm³/mol. The quantitative estimate of drug-likeness (QED) is 0.871. The van der Waals surface area contributed by atoms with E-state index in [1.807, 2.05) is 13.0 Å². The molecule has 0 saturated heterocycles. The number of fused-ring (bicyclic) bond motifs is 5. The van der Waals surface area contributed by atoms with Gasteiger partial charge in [0.25, 0.3) is 0 Å². The van der Waals surface area contributed by atoms with Crippen LogP contribution in [-0.4, -0.2) is 6.54 Å². The summed E-state index contributed by atoms with van der Waals surface area (Å²) in [6, 6.07) is 6.19. The SMILES string of the molecule is CCNC(c1ccc(C)c(F)c1)C1C2C3CCC(C3)C21. The molecule has 0 aromatic heterocycles. The largest absolute Gasteiger partial charge is 0.310 e. The van der Waals surface area contributed by atoms with Crippen molar-refractivity contribution in [2.24, 2.45) is 29.6 Å². The molecule has 108 valence electrons. The molecule has 3 fully saturated rings. The van der Waals surface area contributed by atoms with Crippen molar-refractivity contribution in [2.75, 3.05) is 6.54 Å². The van der Waals surface area contributed by atoms with Gasteiger partial charge in [-0.1, -0.05) is 19.1 Å². The minimum atomic E-state index is -0.0563. The number of hydrogen-bond acceptors (Lipinski definition) is 1. The summed E-state index contributed by atoms with van der Waals surface area (Å²) in [4.78, 5) is 0. The Labute approximate surface area is 121 Å². The molecule has 3 aliphatic rings. The first-order chi connectivity index (χ1) is 9.70. The van der Waals surface area contributed by atoms with Crippen molar-refractivity contribution in [1.82, 2.24) is 5.32 Å². The maximum absolute atomic E-state index is 13.9. The van der Waals surface area contributed by atoms with Crippen molar-refractivity contribution in [1.29, 1.82) is 0 Å². The Morgan fingerprint density at radius 3 is 2.55 bits per heavy atom. The molecule has 0 heterocycles. The average Bonchev–Trinajstić information content (AvgIpc) is 2.86. The van der Waals surface area contributed by atoms with Gasteiger partial charge >= 0.3 is 0 Å². The van der Waals surface area contributed by atoms with E-state index >= 15 is 0 Å². The molecule has 5 unspecified atom stereocenters. The van der Waals surface area contributed by atoms with Gasteiger partial charge < -0.3 is 5.32 Å². The maximum atomic E-state index is 13.9. The van der Waals surface area contributed by atoms with Crippen LogP contribution >= 0.6 is 0 Å². The molecule has 0 radical (unpaired) electrons.